The highest BCUT2D eigenvalue weighted by Gasteiger charge is 2.20. The van der Waals surface area contributed by atoms with E-state index in [1.807, 2.05) is 31.2 Å². The monoisotopic (exact) mass is 500 g/mol. The topological polar surface area (TPSA) is 102 Å². The summed E-state index contributed by atoms with van der Waals surface area (Å²) in [6.07, 6.45) is 2.32. The lowest BCUT2D eigenvalue weighted by Crippen LogP contribution is -2.16. The van der Waals surface area contributed by atoms with Gasteiger partial charge in [-0.2, -0.15) is 5.26 Å². The fraction of sp³-hybridized carbons (Fsp3) is 0.214. The van der Waals surface area contributed by atoms with Crippen LogP contribution in [0, 0.1) is 18.3 Å². The summed E-state index contributed by atoms with van der Waals surface area (Å²) in [4.78, 5) is 4.45. The van der Waals surface area contributed by atoms with E-state index >= 15 is 0 Å². The van der Waals surface area contributed by atoms with Gasteiger partial charge < -0.3 is 25.3 Å². The molecule has 0 radical (unpaired) electrons. The zero-order valence-electron chi connectivity index (χ0n) is 19.8. The van der Waals surface area contributed by atoms with Gasteiger partial charge in [0.2, 0.25) is 0 Å². The number of nitrogens with two attached hydrogens (primary N) is 1. The van der Waals surface area contributed by atoms with Crippen molar-refractivity contribution in [3.8, 4) is 17.6 Å². The van der Waals surface area contributed by atoms with Crippen LogP contribution in [0.25, 0.3) is 10.9 Å². The average Bonchev–Trinajstić information content (AvgIpc) is 3.38. The number of nitriles is 1. The standard InChI is InChI=1S/C28H25ClN4O3/c1-17-3-2-4-18(9-17)15-35-26-6-5-20(10-23(26)29)33-28-19(13-30)14-32-25-12-27(24(31)11-22(25)28)36-21-7-8-34-16-21/h2-6,9-12,14,21H,7-8,15-16,31H2,1H3,(H,32,33). The van der Waals surface area contributed by atoms with E-state index in [2.05, 4.69) is 22.4 Å². The van der Waals surface area contributed by atoms with Crippen LogP contribution < -0.4 is 20.5 Å². The molecule has 1 aromatic heterocycles. The van der Waals surface area contributed by atoms with Gasteiger partial charge in [0, 0.05) is 29.8 Å². The number of hydrogen-bond acceptors (Lipinski definition) is 7. The largest absolute Gasteiger partial charge is 0.487 e. The Balaban J connectivity index is 1.40. The van der Waals surface area contributed by atoms with Gasteiger partial charge in [0.25, 0.3) is 0 Å². The van der Waals surface area contributed by atoms with Crippen LogP contribution in [0.5, 0.6) is 11.5 Å². The van der Waals surface area contributed by atoms with E-state index in [0.717, 1.165) is 12.0 Å². The molecule has 36 heavy (non-hydrogen) atoms. The van der Waals surface area contributed by atoms with Crippen LogP contribution in [-0.2, 0) is 11.3 Å². The number of nitrogen functional groups attached to an aromatic ring is 1. The summed E-state index contributed by atoms with van der Waals surface area (Å²) in [5.41, 5.74) is 11.4. The number of ether oxygens (including phenoxy) is 3. The lowest BCUT2D eigenvalue weighted by atomic mass is 10.1. The third kappa shape index (κ3) is 5.15. The van der Waals surface area contributed by atoms with Crippen LogP contribution in [0.4, 0.5) is 17.1 Å². The maximum Gasteiger partial charge on any atom is 0.144 e. The van der Waals surface area contributed by atoms with Crippen LogP contribution >= 0.6 is 11.6 Å². The molecule has 3 N–H and O–H groups in total. The lowest BCUT2D eigenvalue weighted by molar-refractivity contribution is 0.142. The Morgan fingerprint density at radius 3 is 2.83 bits per heavy atom. The van der Waals surface area contributed by atoms with E-state index in [9.17, 15) is 5.26 Å². The molecule has 1 aliphatic rings. The highest BCUT2D eigenvalue weighted by atomic mass is 35.5. The number of nitrogens with one attached hydrogen (secondary N) is 1. The van der Waals surface area contributed by atoms with Gasteiger partial charge in [-0.05, 0) is 36.8 Å². The molecule has 0 saturated carbocycles. The molecule has 1 fully saturated rings. The van der Waals surface area contributed by atoms with Gasteiger partial charge in [0.05, 0.1) is 40.7 Å². The van der Waals surface area contributed by atoms with Gasteiger partial charge in [0.1, 0.15) is 30.3 Å². The summed E-state index contributed by atoms with van der Waals surface area (Å²) in [5, 5.41) is 14.2. The minimum absolute atomic E-state index is 0.0329. The number of halogens is 1. The molecular weight excluding hydrogens is 476 g/mol. The fourth-order valence-electron chi connectivity index (χ4n) is 4.15. The molecule has 1 unspecified atom stereocenters. The third-order valence-electron chi connectivity index (χ3n) is 5.98. The van der Waals surface area contributed by atoms with Crippen LogP contribution in [-0.4, -0.2) is 24.3 Å². The summed E-state index contributed by atoms with van der Waals surface area (Å²) in [6, 6.07) is 19.3. The Morgan fingerprint density at radius 1 is 1.19 bits per heavy atom. The van der Waals surface area contributed by atoms with Crippen molar-refractivity contribution in [2.75, 3.05) is 24.3 Å². The maximum absolute atomic E-state index is 9.72. The number of pyridine rings is 1. The molecule has 0 amide bonds. The van der Waals surface area contributed by atoms with Gasteiger partial charge in [-0.3, -0.25) is 4.98 Å². The maximum atomic E-state index is 9.72. The number of fused-ring (bicyclic) bond motifs is 1. The van der Waals surface area contributed by atoms with Gasteiger partial charge in [-0.15, -0.1) is 0 Å². The quantitative estimate of drug-likeness (QED) is 0.294. The highest BCUT2D eigenvalue weighted by Crippen LogP contribution is 2.37. The van der Waals surface area contributed by atoms with Gasteiger partial charge >= 0.3 is 0 Å². The highest BCUT2D eigenvalue weighted by molar-refractivity contribution is 6.32. The van der Waals surface area contributed by atoms with Crippen molar-refractivity contribution >= 4 is 39.6 Å². The number of nitrogens with zero attached hydrogens (tertiary/aromatic N) is 2. The summed E-state index contributed by atoms with van der Waals surface area (Å²) in [5.74, 6) is 1.13. The normalized spacial score (nSPS) is 15.0. The molecule has 182 valence electrons. The molecule has 1 atom stereocenters. The van der Waals surface area contributed by atoms with Crippen molar-refractivity contribution in [2.24, 2.45) is 0 Å². The first-order valence-electron chi connectivity index (χ1n) is 11.6. The van der Waals surface area contributed by atoms with Crippen LogP contribution in [0.2, 0.25) is 5.02 Å². The number of anilines is 3. The first kappa shape index (κ1) is 23.7. The van der Waals surface area contributed by atoms with Crippen molar-refractivity contribution in [1.29, 1.82) is 5.26 Å². The Bertz CT molecular complexity index is 1460. The number of aromatic nitrogens is 1. The van der Waals surface area contributed by atoms with E-state index < -0.39 is 0 Å². The first-order chi connectivity index (χ1) is 17.5. The predicted octanol–water partition coefficient (Wildman–Crippen LogP) is 6.14. The molecule has 4 aromatic rings. The molecule has 1 saturated heterocycles. The van der Waals surface area contributed by atoms with E-state index in [0.29, 0.717) is 69.9 Å². The number of benzene rings is 3. The summed E-state index contributed by atoms with van der Waals surface area (Å²) in [7, 11) is 0. The number of hydrogen-bond donors (Lipinski definition) is 2. The van der Waals surface area contributed by atoms with Crippen molar-refractivity contribution in [3.63, 3.8) is 0 Å². The van der Waals surface area contributed by atoms with Crippen molar-refractivity contribution in [2.45, 2.75) is 26.1 Å². The summed E-state index contributed by atoms with van der Waals surface area (Å²) < 4.78 is 17.3. The Morgan fingerprint density at radius 2 is 2.08 bits per heavy atom. The van der Waals surface area contributed by atoms with Crippen molar-refractivity contribution < 1.29 is 14.2 Å². The first-order valence-corrected chi connectivity index (χ1v) is 12.0. The Hall–Kier alpha value is -3.99. The lowest BCUT2D eigenvalue weighted by Gasteiger charge is -2.17. The molecule has 1 aliphatic heterocycles. The van der Waals surface area contributed by atoms with Gasteiger partial charge in [-0.25, -0.2) is 0 Å². The minimum atomic E-state index is -0.0329. The smallest absolute Gasteiger partial charge is 0.144 e. The Kier molecular flexibility index (Phi) is 6.81. The molecule has 0 bridgehead atoms. The van der Waals surface area contributed by atoms with Crippen LogP contribution in [0.1, 0.15) is 23.1 Å². The third-order valence-corrected chi connectivity index (χ3v) is 6.27. The predicted molar refractivity (Wildman–Crippen MR) is 141 cm³/mol. The van der Waals surface area contributed by atoms with E-state index in [4.69, 9.17) is 31.5 Å². The second-order valence-corrected chi connectivity index (χ2v) is 9.12. The van der Waals surface area contributed by atoms with Crippen LogP contribution in [0.3, 0.4) is 0 Å². The minimum Gasteiger partial charge on any atom is -0.487 e. The van der Waals surface area contributed by atoms with E-state index in [1.165, 1.54) is 11.8 Å². The molecule has 0 spiro atoms. The van der Waals surface area contributed by atoms with Crippen molar-refractivity contribution in [1.82, 2.24) is 4.98 Å². The second kappa shape index (κ2) is 10.3. The molecule has 5 rings (SSSR count). The van der Waals surface area contributed by atoms with Crippen LogP contribution in [0.15, 0.2) is 60.8 Å². The molecule has 8 heteroatoms. The average molecular weight is 501 g/mol. The molecule has 3 aromatic carbocycles. The zero-order valence-corrected chi connectivity index (χ0v) is 20.5. The molecular formula is C28H25ClN4O3. The Labute approximate surface area is 214 Å². The zero-order chi connectivity index (χ0) is 25.1. The molecule has 7 nitrogen and oxygen atoms in total. The summed E-state index contributed by atoms with van der Waals surface area (Å²) in [6.45, 7) is 3.67. The summed E-state index contributed by atoms with van der Waals surface area (Å²) >= 11 is 6.52. The molecule has 2 heterocycles. The number of aryl methyl sites for hydroxylation is 1. The fourth-order valence-corrected chi connectivity index (χ4v) is 4.38. The van der Waals surface area contributed by atoms with E-state index in [-0.39, 0.29) is 6.10 Å². The van der Waals surface area contributed by atoms with Gasteiger partial charge in [0.15, 0.2) is 0 Å². The molecule has 0 aliphatic carbocycles. The second-order valence-electron chi connectivity index (χ2n) is 8.72. The van der Waals surface area contributed by atoms with Gasteiger partial charge in [-0.1, -0.05) is 41.4 Å². The van der Waals surface area contributed by atoms with E-state index in [1.54, 1.807) is 24.3 Å². The SMILES string of the molecule is Cc1cccc(COc2ccc(Nc3c(C#N)cnc4cc(OC5CCOC5)c(N)cc34)cc2Cl)c1. The van der Waals surface area contributed by atoms with Crippen molar-refractivity contribution in [3.05, 3.63) is 82.5 Å². The number of rotatable bonds is 7.